The number of nitrogens with zero attached hydrogens (tertiary/aromatic N) is 1. The second-order valence-electron chi connectivity index (χ2n) is 3.66. The summed E-state index contributed by atoms with van der Waals surface area (Å²) in [6.07, 6.45) is 1.26. The molecule has 4 nitrogen and oxygen atoms in total. The van der Waals surface area contributed by atoms with E-state index < -0.39 is 11.8 Å². The molecule has 2 aromatic rings. The van der Waals surface area contributed by atoms with Crippen molar-refractivity contribution < 1.29 is 13.9 Å². The van der Waals surface area contributed by atoms with E-state index in [4.69, 9.17) is 11.6 Å². The summed E-state index contributed by atoms with van der Waals surface area (Å²) in [5.41, 5.74) is 3.33. The fourth-order valence-corrected chi connectivity index (χ4v) is 2.42. The highest BCUT2D eigenvalue weighted by molar-refractivity contribution is 7.12. The second-order valence-corrected chi connectivity index (χ2v) is 4.98. The highest BCUT2D eigenvalue weighted by Crippen LogP contribution is 2.23. The van der Waals surface area contributed by atoms with Crippen LogP contribution in [0.25, 0.3) is 0 Å². The Kier molecular flexibility index (Phi) is 4.70. The highest BCUT2D eigenvalue weighted by Gasteiger charge is 2.12. The van der Waals surface area contributed by atoms with E-state index in [-0.39, 0.29) is 10.6 Å². The van der Waals surface area contributed by atoms with Gasteiger partial charge in [-0.25, -0.2) is 9.18 Å². The number of carbonyl (C=O) groups excluding carboxylic acids is 1. The summed E-state index contributed by atoms with van der Waals surface area (Å²) in [6, 6.07) is 6.04. The van der Waals surface area contributed by atoms with Crippen molar-refractivity contribution in [2.24, 2.45) is 5.10 Å². The van der Waals surface area contributed by atoms with E-state index in [1.165, 1.54) is 36.8 Å². The van der Waals surface area contributed by atoms with Crippen LogP contribution in [0, 0.1) is 5.82 Å². The van der Waals surface area contributed by atoms with Gasteiger partial charge in [0.2, 0.25) is 0 Å². The van der Waals surface area contributed by atoms with Crippen LogP contribution in [0.4, 0.5) is 10.1 Å². The van der Waals surface area contributed by atoms with E-state index in [1.54, 1.807) is 17.5 Å². The number of nitrogens with one attached hydrogen (secondary N) is 1. The van der Waals surface area contributed by atoms with Gasteiger partial charge in [-0.1, -0.05) is 17.7 Å². The maximum Gasteiger partial charge on any atom is 0.350 e. The maximum atomic E-state index is 13.5. The van der Waals surface area contributed by atoms with E-state index in [1.807, 2.05) is 0 Å². The second kappa shape index (κ2) is 6.49. The number of esters is 1. The predicted octanol–water partition coefficient (Wildman–Crippen LogP) is 3.77. The van der Waals surface area contributed by atoms with Crippen molar-refractivity contribution in [3.8, 4) is 0 Å². The number of benzene rings is 1. The molecule has 0 radical (unpaired) electrons. The molecule has 0 aliphatic rings. The molecule has 20 heavy (non-hydrogen) atoms. The normalized spacial score (nSPS) is 10.8. The number of hydrogen-bond acceptors (Lipinski definition) is 5. The van der Waals surface area contributed by atoms with Crippen LogP contribution in [0.3, 0.4) is 0 Å². The number of anilines is 1. The minimum Gasteiger partial charge on any atom is -0.465 e. The Balaban J connectivity index is 2.15. The van der Waals surface area contributed by atoms with E-state index in [0.717, 1.165) is 0 Å². The SMILES string of the molecule is COC(=O)c1sccc1N/N=C\c1c(F)cccc1Cl. The number of halogens is 2. The third-order valence-corrected chi connectivity index (χ3v) is 3.64. The summed E-state index contributed by atoms with van der Waals surface area (Å²) in [5.74, 6) is -0.928. The van der Waals surface area contributed by atoms with Crippen molar-refractivity contribution in [3.05, 3.63) is 50.9 Å². The lowest BCUT2D eigenvalue weighted by atomic mass is 10.2. The van der Waals surface area contributed by atoms with Crippen molar-refractivity contribution in [1.82, 2.24) is 0 Å². The van der Waals surface area contributed by atoms with Crippen LogP contribution < -0.4 is 5.43 Å². The summed E-state index contributed by atoms with van der Waals surface area (Å²) in [7, 11) is 1.30. The molecule has 104 valence electrons. The lowest BCUT2D eigenvalue weighted by molar-refractivity contribution is 0.0607. The Morgan fingerprint density at radius 3 is 3.00 bits per heavy atom. The van der Waals surface area contributed by atoms with Crippen molar-refractivity contribution in [2.45, 2.75) is 0 Å². The van der Waals surface area contributed by atoms with Crippen LogP contribution in [-0.2, 0) is 4.74 Å². The number of hydrazone groups is 1. The molecule has 0 unspecified atom stereocenters. The van der Waals surface area contributed by atoms with Gasteiger partial charge >= 0.3 is 5.97 Å². The molecule has 0 aliphatic carbocycles. The minimum atomic E-state index is -0.471. The number of thiophene rings is 1. The van der Waals surface area contributed by atoms with Crippen LogP contribution in [0.2, 0.25) is 5.02 Å². The van der Waals surface area contributed by atoms with Gasteiger partial charge in [0.25, 0.3) is 0 Å². The van der Waals surface area contributed by atoms with Gasteiger partial charge < -0.3 is 4.74 Å². The third-order valence-electron chi connectivity index (χ3n) is 2.41. The standard InChI is InChI=1S/C13H10ClFN2O2S/c1-19-13(18)12-11(5-6-20-12)17-16-7-8-9(14)3-2-4-10(8)15/h2-7,17H,1H3/b16-7-. The molecule has 0 atom stereocenters. The molecule has 0 aliphatic heterocycles. The summed E-state index contributed by atoms with van der Waals surface area (Å²) in [4.78, 5) is 11.8. The highest BCUT2D eigenvalue weighted by atomic mass is 35.5. The van der Waals surface area contributed by atoms with Gasteiger partial charge in [0.05, 0.1) is 24.0 Å². The fraction of sp³-hybridized carbons (Fsp3) is 0.0769. The van der Waals surface area contributed by atoms with Gasteiger partial charge in [-0.3, -0.25) is 5.43 Å². The molecule has 1 N–H and O–H groups in total. The number of rotatable bonds is 4. The number of hydrogen-bond donors (Lipinski definition) is 1. The van der Waals surface area contributed by atoms with E-state index in [2.05, 4.69) is 15.3 Å². The largest absolute Gasteiger partial charge is 0.465 e. The minimum absolute atomic E-state index is 0.177. The van der Waals surface area contributed by atoms with Crippen LogP contribution in [0.5, 0.6) is 0 Å². The average Bonchev–Trinajstić information content (AvgIpc) is 2.89. The lowest BCUT2D eigenvalue weighted by Gasteiger charge is -2.02. The topological polar surface area (TPSA) is 50.7 Å². The molecule has 0 fully saturated rings. The molecule has 0 saturated heterocycles. The zero-order chi connectivity index (χ0) is 14.5. The van der Waals surface area contributed by atoms with Crippen LogP contribution >= 0.6 is 22.9 Å². The van der Waals surface area contributed by atoms with E-state index >= 15 is 0 Å². The molecule has 0 spiro atoms. The fourth-order valence-electron chi connectivity index (χ4n) is 1.45. The van der Waals surface area contributed by atoms with Crippen molar-refractivity contribution in [2.75, 3.05) is 12.5 Å². The molecular formula is C13H10ClFN2O2S. The molecule has 1 aromatic carbocycles. The van der Waals surface area contributed by atoms with Gasteiger partial charge in [-0.2, -0.15) is 5.10 Å². The predicted molar refractivity (Wildman–Crippen MR) is 78.3 cm³/mol. The molecule has 2 rings (SSSR count). The zero-order valence-electron chi connectivity index (χ0n) is 10.4. The first-order valence-electron chi connectivity index (χ1n) is 5.52. The molecule has 1 aromatic heterocycles. The van der Waals surface area contributed by atoms with E-state index in [0.29, 0.717) is 10.6 Å². The zero-order valence-corrected chi connectivity index (χ0v) is 12.0. The number of carbonyl (C=O) groups is 1. The van der Waals surface area contributed by atoms with Crippen LogP contribution in [-0.4, -0.2) is 19.3 Å². The molecule has 0 saturated carbocycles. The Labute approximate surface area is 123 Å². The smallest absolute Gasteiger partial charge is 0.350 e. The summed E-state index contributed by atoms with van der Waals surface area (Å²) >= 11 is 7.09. The van der Waals surface area contributed by atoms with E-state index in [9.17, 15) is 9.18 Å². The van der Waals surface area contributed by atoms with Crippen molar-refractivity contribution in [3.63, 3.8) is 0 Å². The van der Waals surface area contributed by atoms with Crippen molar-refractivity contribution in [1.29, 1.82) is 0 Å². The van der Waals surface area contributed by atoms with Crippen LogP contribution in [0.15, 0.2) is 34.7 Å². The van der Waals surface area contributed by atoms with Gasteiger partial charge in [0, 0.05) is 5.56 Å². The first kappa shape index (κ1) is 14.5. The molecule has 1 heterocycles. The quantitative estimate of drug-likeness (QED) is 0.531. The Morgan fingerprint density at radius 2 is 2.30 bits per heavy atom. The Bertz CT molecular complexity index is 637. The summed E-state index contributed by atoms with van der Waals surface area (Å²) in [5, 5.41) is 5.86. The summed E-state index contributed by atoms with van der Waals surface area (Å²) < 4.78 is 18.1. The molecule has 7 heteroatoms. The van der Waals surface area contributed by atoms with Gasteiger partial charge in [-0.05, 0) is 23.6 Å². The number of methoxy groups -OCH3 is 1. The maximum absolute atomic E-state index is 13.5. The molecule has 0 amide bonds. The number of ether oxygens (including phenoxy) is 1. The van der Waals surface area contributed by atoms with Gasteiger partial charge in [0.1, 0.15) is 10.7 Å². The Hall–Kier alpha value is -1.92. The molecule has 0 bridgehead atoms. The first-order chi connectivity index (χ1) is 9.63. The Morgan fingerprint density at radius 1 is 1.50 bits per heavy atom. The molecular weight excluding hydrogens is 303 g/mol. The summed E-state index contributed by atoms with van der Waals surface area (Å²) in [6.45, 7) is 0. The monoisotopic (exact) mass is 312 g/mol. The lowest BCUT2D eigenvalue weighted by Crippen LogP contribution is -2.02. The van der Waals surface area contributed by atoms with Gasteiger partial charge in [-0.15, -0.1) is 11.3 Å². The van der Waals surface area contributed by atoms with Gasteiger partial charge in [0.15, 0.2) is 0 Å². The van der Waals surface area contributed by atoms with Crippen LogP contribution in [0.1, 0.15) is 15.2 Å². The average molecular weight is 313 g/mol. The third kappa shape index (κ3) is 3.15. The first-order valence-corrected chi connectivity index (χ1v) is 6.78. The van der Waals surface area contributed by atoms with Crippen molar-refractivity contribution >= 4 is 40.8 Å².